The molecule has 0 aliphatic heterocycles. The van der Waals surface area contributed by atoms with E-state index < -0.39 is 11.5 Å². The average Bonchev–Trinajstić information content (AvgIpc) is 2.36. The summed E-state index contributed by atoms with van der Waals surface area (Å²) in [5, 5.41) is 8.57. The highest BCUT2D eigenvalue weighted by Gasteiger charge is 2.15. The molecule has 0 spiro atoms. The first kappa shape index (κ1) is 7.63. The van der Waals surface area contributed by atoms with Crippen molar-refractivity contribution >= 4 is 11.6 Å². The molecule has 56 valence electrons. The van der Waals surface area contributed by atoms with Gasteiger partial charge < -0.3 is 9.52 Å². The maximum absolute atomic E-state index is 9.00. The lowest BCUT2D eigenvalue weighted by Gasteiger charge is -2.07. The van der Waals surface area contributed by atoms with E-state index in [1.165, 1.54) is 6.26 Å². The van der Waals surface area contributed by atoms with Gasteiger partial charge in [0.1, 0.15) is 11.1 Å². The fourth-order valence-electron chi connectivity index (χ4n) is 0.686. The number of aliphatic hydroxyl groups excluding tert-OH is 1. The zero-order valence-electron chi connectivity index (χ0n) is 5.62. The lowest BCUT2D eigenvalue weighted by molar-refractivity contribution is 0.181. The van der Waals surface area contributed by atoms with E-state index in [0.717, 1.165) is 0 Å². The van der Waals surface area contributed by atoms with Gasteiger partial charge in [-0.05, 0) is 19.1 Å². The molecule has 3 heteroatoms. The van der Waals surface area contributed by atoms with E-state index in [2.05, 4.69) is 0 Å². The smallest absolute Gasteiger partial charge is 0.124 e. The second-order valence-corrected chi connectivity index (χ2v) is 2.63. The number of halogens is 1. The number of furan rings is 1. The summed E-state index contributed by atoms with van der Waals surface area (Å²) in [5.74, 6) is 0.608. The Bertz CT molecular complexity index is 181. The van der Waals surface area contributed by atoms with Crippen molar-refractivity contribution in [2.24, 2.45) is 0 Å². The van der Waals surface area contributed by atoms with Crippen LogP contribution in [0.4, 0.5) is 0 Å². The quantitative estimate of drug-likeness (QED) is 0.671. The first-order valence-corrected chi connectivity index (χ1v) is 3.51. The Morgan fingerprint density at radius 3 is 2.80 bits per heavy atom. The highest BCUT2D eigenvalue weighted by Crippen LogP contribution is 2.23. The summed E-state index contributed by atoms with van der Waals surface area (Å²) in [5.41, 5.74) is 0. The molecule has 0 aromatic carbocycles. The Kier molecular flexibility index (Phi) is 2.35. The standard InChI is InChI=1S/C7H9ClO2/c1-5(9)7(8)6-3-2-4-10-6/h2-5,7,9H,1H3. The fraction of sp³-hybridized carbons (Fsp3) is 0.429. The van der Waals surface area contributed by atoms with Crippen molar-refractivity contribution in [2.45, 2.75) is 18.4 Å². The van der Waals surface area contributed by atoms with Crippen LogP contribution in [0, 0.1) is 0 Å². The highest BCUT2D eigenvalue weighted by molar-refractivity contribution is 6.20. The highest BCUT2D eigenvalue weighted by atomic mass is 35.5. The predicted octanol–water partition coefficient (Wildman–Crippen LogP) is 1.94. The first-order valence-electron chi connectivity index (χ1n) is 3.07. The summed E-state index contributed by atoms with van der Waals surface area (Å²) in [4.78, 5) is 0. The zero-order valence-corrected chi connectivity index (χ0v) is 6.38. The number of aliphatic hydroxyl groups is 1. The number of hydrogen-bond acceptors (Lipinski definition) is 2. The van der Waals surface area contributed by atoms with Gasteiger partial charge in [0.25, 0.3) is 0 Å². The predicted molar refractivity (Wildman–Crippen MR) is 39.0 cm³/mol. The van der Waals surface area contributed by atoms with Gasteiger partial charge in [0.2, 0.25) is 0 Å². The Morgan fingerprint density at radius 1 is 1.70 bits per heavy atom. The van der Waals surface area contributed by atoms with Crippen LogP contribution < -0.4 is 0 Å². The molecule has 2 unspecified atom stereocenters. The maximum atomic E-state index is 9.00. The molecule has 0 bridgehead atoms. The Hall–Kier alpha value is -0.470. The monoisotopic (exact) mass is 160 g/mol. The van der Waals surface area contributed by atoms with E-state index in [0.29, 0.717) is 5.76 Å². The van der Waals surface area contributed by atoms with Crippen molar-refractivity contribution in [2.75, 3.05) is 0 Å². The molecule has 2 nitrogen and oxygen atoms in total. The van der Waals surface area contributed by atoms with Gasteiger partial charge in [-0.25, -0.2) is 0 Å². The van der Waals surface area contributed by atoms with Gasteiger partial charge in [0.05, 0.1) is 12.4 Å². The van der Waals surface area contributed by atoms with Crippen molar-refractivity contribution in [1.82, 2.24) is 0 Å². The molecule has 0 radical (unpaired) electrons. The molecule has 10 heavy (non-hydrogen) atoms. The van der Waals surface area contributed by atoms with E-state index in [9.17, 15) is 0 Å². The van der Waals surface area contributed by atoms with Gasteiger partial charge in [-0.1, -0.05) is 0 Å². The lowest BCUT2D eigenvalue weighted by atomic mass is 10.2. The second-order valence-electron chi connectivity index (χ2n) is 2.16. The molecule has 0 aliphatic carbocycles. The van der Waals surface area contributed by atoms with Crippen LogP contribution in [-0.4, -0.2) is 11.2 Å². The van der Waals surface area contributed by atoms with Gasteiger partial charge in [-0.3, -0.25) is 0 Å². The van der Waals surface area contributed by atoms with Crippen LogP contribution in [0.3, 0.4) is 0 Å². The van der Waals surface area contributed by atoms with Crippen LogP contribution in [0.1, 0.15) is 18.1 Å². The van der Waals surface area contributed by atoms with Crippen molar-refractivity contribution in [3.8, 4) is 0 Å². The number of alkyl halides is 1. The van der Waals surface area contributed by atoms with Crippen molar-refractivity contribution in [1.29, 1.82) is 0 Å². The summed E-state index contributed by atoms with van der Waals surface area (Å²) < 4.78 is 4.96. The minimum absolute atomic E-state index is 0.435. The van der Waals surface area contributed by atoms with Gasteiger partial charge in [0.15, 0.2) is 0 Å². The van der Waals surface area contributed by atoms with Crippen LogP contribution >= 0.6 is 11.6 Å². The van der Waals surface area contributed by atoms with Crippen molar-refractivity contribution in [3.63, 3.8) is 0 Å². The lowest BCUT2D eigenvalue weighted by Crippen LogP contribution is -2.07. The largest absolute Gasteiger partial charge is 0.468 e. The SMILES string of the molecule is CC(O)C(Cl)c1ccco1. The Labute approximate surface area is 64.4 Å². The molecule has 0 fully saturated rings. The zero-order chi connectivity index (χ0) is 7.56. The molecule has 2 atom stereocenters. The molecule has 1 rings (SSSR count). The summed E-state index contributed by atoms with van der Waals surface area (Å²) >= 11 is 5.74. The van der Waals surface area contributed by atoms with Crippen LogP contribution in [0.5, 0.6) is 0 Å². The molecule has 1 aromatic heterocycles. The van der Waals surface area contributed by atoms with Crippen LogP contribution in [0.25, 0.3) is 0 Å². The maximum Gasteiger partial charge on any atom is 0.124 e. The third-order valence-corrected chi connectivity index (χ3v) is 1.82. The Balaban J connectivity index is 2.68. The molecule has 1 aromatic rings. The minimum atomic E-state index is -0.576. The van der Waals surface area contributed by atoms with E-state index in [-0.39, 0.29) is 0 Å². The molecule has 1 N–H and O–H groups in total. The van der Waals surface area contributed by atoms with Crippen LogP contribution in [-0.2, 0) is 0 Å². The van der Waals surface area contributed by atoms with E-state index >= 15 is 0 Å². The first-order chi connectivity index (χ1) is 4.72. The number of hydrogen-bond donors (Lipinski definition) is 1. The Morgan fingerprint density at radius 2 is 2.40 bits per heavy atom. The third kappa shape index (κ3) is 1.52. The molecule has 0 aliphatic rings. The van der Waals surface area contributed by atoms with Crippen LogP contribution in [0.15, 0.2) is 22.8 Å². The summed E-state index contributed by atoms with van der Waals surface area (Å²) in [6.45, 7) is 1.63. The van der Waals surface area contributed by atoms with E-state index in [1.54, 1.807) is 19.1 Å². The second kappa shape index (κ2) is 3.08. The third-order valence-electron chi connectivity index (χ3n) is 1.24. The summed E-state index contributed by atoms with van der Waals surface area (Å²) in [6, 6.07) is 3.48. The normalized spacial score (nSPS) is 16.7. The minimum Gasteiger partial charge on any atom is -0.468 e. The van der Waals surface area contributed by atoms with Crippen molar-refractivity contribution < 1.29 is 9.52 Å². The number of rotatable bonds is 2. The van der Waals surface area contributed by atoms with Gasteiger partial charge in [-0.2, -0.15) is 0 Å². The van der Waals surface area contributed by atoms with Crippen LogP contribution in [0.2, 0.25) is 0 Å². The van der Waals surface area contributed by atoms with Gasteiger partial charge in [0, 0.05) is 0 Å². The molecule has 0 saturated heterocycles. The summed E-state index contributed by atoms with van der Waals surface area (Å²) in [6.07, 6.45) is 0.959. The molecule has 1 heterocycles. The molecular formula is C7H9ClO2. The van der Waals surface area contributed by atoms with E-state index in [4.69, 9.17) is 21.1 Å². The molecule has 0 saturated carbocycles. The fourth-order valence-corrected chi connectivity index (χ4v) is 0.810. The van der Waals surface area contributed by atoms with Crippen molar-refractivity contribution in [3.05, 3.63) is 24.2 Å². The molecule has 0 amide bonds. The van der Waals surface area contributed by atoms with E-state index in [1.807, 2.05) is 0 Å². The van der Waals surface area contributed by atoms with Gasteiger partial charge in [-0.15, -0.1) is 11.6 Å². The molecular weight excluding hydrogens is 152 g/mol. The average molecular weight is 161 g/mol. The van der Waals surface area contributed by atoms with Gasteiger partial charge >= 0.3 is 0 Å². The summed E-state index contributed by atoms with van der Waals surface area (Å²) in [7, 11) is 0. The topological polar surface area (TPSA) is 33.4 Å².